The van der Waals surface area contributed by atoms with Gasteiger partial charge in [-0.2, -0.15) is 5.10 Å². The van der Waals surface area contributed by atoms with Gasteiger partial charge in [0.2, 0.25) is 5.43 Å². The number of benzene rings is 2. The fourth-order valence-corrected chi connectivity index (χ4v) is 3.98. The van der Waals surface area contributed by atoms with Crippen LogP contribution in [0.1, 0.15) is 40.6 Å². The molecular formula is C23H22ClN3O3. The van der Waals surface area contributed by atoms with Crippen LogP contribution in [0.2, 0.25) is 5.02 Å². The van der Waals surface area contributed by atoms with E-state index in [-0.39, 0.29) is 23.1 Å². The molecule has 0 radical (unpaired) electrons. The molecule has 7 heteroatoms. The zero-order valence-electron chi connectivity index (χ0n) is 16.8. The van der Waals surface area contributed by atoms with Crippen LogP contribution in [0, 0.1) is 6.92 Å². The monoisotopic (exact) mass is 423 g/mol. The van der Waals surface area contributed by atoms with E-state index >= 15 is 0 Å². The standard InChI is InChI=1S/C23H22ClN3O3/c1-15-14-21(28)22(25-27(15)18-9-7-17(24)8-10-18)23(29)26-13-3-4-20(26)16-5-11-19(30-2)12-6-16/h5-12,14,20H,3-4,13H2,1-2H3. The van der Waals surface area contributed by atoms with E-state index in [4.69, 9.17) is 16.3 Å². The van der Waals surface area contributed by atoms with E-state index in [0.717, 1.165) is 29.8 Å². The summed E-state index contributed by atoms with van der Waals surface area (Å²) in [7, 11) is 1.62. The molecule has 1 saturated heterocycles. The van der Waals surface area contributed by atoms with Crippen molar-refractivity contribution >= 4 is 17.5 Å². The Morgan fingerprint density at radius 3 is 2.50 bits per heavy atom. The van der Waals surface area contributed by atoms with Crippen molar-refractivity contribution in [3.05, 3.63) is 86.8 Å². The molecule has 1 aliphatic heterocycles. The zero-order valence-corrected chi connectivity index (χ0v) is 17.6. The zero-order chi connectivity index (χ0) is 21.3. The molecule has 4 rings (SSSR count). The van der Waals surface area contributed by atoms with Crippen LogP contribution < -0.4 is 10.2 Å². The fraction of sp³-hybridized carbons (Fsp3) is 0.261. The summed E-state index contributed by atoms with van der Waals surface area (Å²) in [5, 5.41) is 5.03. The SMILES string of the molecule is COc1ccc(C2CCCN2C(=O)c2nn(-c3ccc(Cl)cc3)c(C)cc2=O)cc1. The van der Waals surface area contributed by atoms with Crippen molar-refractivity contribution in [2.24, 2.45) is 0 Å². The number of likely N-dealkylation sites (tertiary alicyclic amines) is 1. The van der Waals surface area contributed by atoms with Gasteiger partial charge in [0, 0.05) is 23.3 Å². The number of hydrogen-bond acceptors (Lipinski definition) is 4. The number of halogens is 1. The van der Waals surface area contributed by atoms with E-state index in [1.165, 1.54) is 6.07 Å². The maximum absolute atomic E-state index is 13.3. The van der Waals surface area contributed by atoms with Crippen LogP contribution in [0.15, 0.2) is 59.4 Å². The van der Waals surface area contributed by atoms with Gasteiger partial charge in [0.15, 0.2) is 5.69 Å². The second kappa shape index (κ2) is 8.32. The molecule has 1 fully saturated rings. The number of amides is 1. The van der Waals surface area contributed by atoms with Crippen LogP contribution in [0.25, 0.3) is 5.69 Å². The highest BCUT2D eigenvalue weighted by Crippen LogP contribution is 2.33. The lowest BCUT2D eigenvalue weighted by Gasteiger charge is -2.25. The maximum Gasteiger partial charge on any atom is 0.278 e. The highest BCUT2D eigenvalue weighted by Gasteiger charge is 2.32. The average molecular weight is 424 g/mol. The topological polar surface area (TPSA) is 64.4 Å². The maximum atomic E-state index is 13.3. The van der Waals surface area contributed by atoms with Gasteiger partial charge in [0.25, 0.3) is 5.91 Å². The minimum absolute atomic E-state index is 0.0732. The number of aromatic nitrogens is 2. The Morgan fingerprint density at radius 2 is 1.83 bits per heavy atom. The molecule has 3 aromatic rings. The smallest absolute Gasteiger partial charge is 0.278 e. The van der Waals surface area contributed by atoms with Gasteiger partial charge in [-0.1, -0.05) is 23.7 Å². The van der Waals surface area contributed by atoms with E-state index in [2.05, 4.69) is 5.10 Å². The molecule has 2 heterocycles. The molecule has 1 atom stereocenters. The number of carbonyl (C=O) groups excluding carboxylic acids is 1. The van der Waals surface area contributed by atoms with Crippen LogP contribution in [-0.4, -0.2) is 34.2 Å². The van der Waals surface area contributed by atoms with Gasteiger partial charge in [-0.25, -0.2) is 4.68 Å². The largest absolute Gasteiger partial charge is 0.497 e. The fourth-order valence-electron chi connectivity index (χ4n) is 3.86. The van der Waals surface area contributed by atoms with Gasteiger partial charge in [-0.3, -0.25) is 9.59 Å². The molecule has 30 heavy (non-hydrogen) atoms. The third kappa shape index (κ3) is 3.83. The Morgan fingerprint density at radius 1 is 1.13 bits per heavy atom. The van der Waals surface area contributed by atoms with Gasteiger partial charge in [0.05, 0.1) is 18.8 Å². The van der Waals surface area contributed by atoms with Crippen molar-refractivity contribution in [3.63, 3.8) is 0 Å². The van der Waals surface area contributed by atoms with Crippen molar-refractivity contribution in [2.75, 3.05) is 13.7 Å². The van der Waals surface area contributed by atoms with E-state index in [1.54, 1.807) is 47.9 Å². The van der Waals surface area contributed by atoms with Crippen LogP contribution in [-0.2, 0) is 0 Å². The first kappa shape index (κ1) is 20.2. The van der Waals surface area contributed by atoms with Gasteiger partial charge >= 0.3 is 0 Å². The molecule has 0 saturated carbocycles. The molecule has 1 unspecified atom stereocenters. The summed E-state index contributed by atoms with van der Waals surface area (Å²) in [4.78, 5) is 27.7. The second-order valence-corrected chi connectivity index (χ2v) is 7.75. The number of hydrogen-bond donors (Lipinski definition) is 0. The Balaban J connectivity index is 1.68. The summed E-state index contributed by atoms with van der Waals surface area (Å²) in [6.45, 7) is 2.37. The summed E-state index contributed by atoms with van der Waals surface area (Å²) in [6.07, 6.45) is 1.72. The van der Waals surface area contributed by atoms with Crippen molar-refractivity contribution in [1.29, 1.82) is 0 Å². The number of nitrogens with zero attached hydrogens (tertiary/aromatic N) is 3. The molecular weight excluding hydrogens is 402 g/mol. The molecule has 0 N–H and O–H groups in total. The van der Waals surface area contributed by atoms with E-state index in [9.17, 15) is 9.59 Å². The highest BCUT2D eigenvalue weighted by molar-refractivity contribution is 6.30. The van der Waals surface area contributed by atoms with Crippen LogP contribution in [0.4, 0.5) is 0 Å². The van der Waals surface area contributed by atoms with Crippen LogP contribution >= 0.6 is 11.6 Å². The Labute approximate surface area is 179 Å². The molecule has 1 aromatic heterocycles. The molecule has 1 aliphatic rings. The lowest BCUT2D eigenvalue weighted by Crippen LogP contribution is -2.36. The second-order valence-electron chi connectivity index (χ2n) is 7.32. The lowest BCUT2D eigenvalue weighted by atomic mass is 10.0. The Hall–Kier alpha value is -3.12. The molecule has 1 amide bonds. The van der Waals surface area contributed by atoms with Crippen LogP contribution in [0.5, 0.6) is 5.75 Å². The van der Waals surface area contributed by atoms with Crippen molar-refractivity contribution < 1.29 is 9.53 Å². The van der Waals surface area contributed by atoms with E-state index < -0.39 is 0 Å². The molecule has 0 spiro atoms. The van der Waals surface area contributed by atoms with Gasteiger partial charge < -0.3 is 9.64 Å². The third-order valence-corrected chi connectivity index (χ3v) is 5.65. The van der Waals surface area contributed by atoms with Crippen molar-refractivity contribution in [2.45, 2.75) is 25.8 Å². The first-order chi connectivity index (χ1) is 14.5. The van der Waals surface area contributed by atoms with E-state index in [1.807, 2.05) is 24.3 Å². The number of methoxy groups -OCH3 is 1. The predicted octanol–water partition coefficient (Wildman–Crippen LogP) is 4.18. The quantitative estimate of drug-likeness (QED) is 0.631. The summed E-state index contributed by atoms with van der Waals surface area (Å²) >= 11 is 5.98. The predicted molar refractivity (Wildman–Crippen MR) is 116 cm³/mol. The summed E-state index contributed by atoms with van der Waals surface area (Å²) in [5.41, 5.74) is 1.96. The van der Waals surface area contributed by atoms with Crippen molar-refractivity contribution in [3.8, 4) is 11.4 Å². The number of aryl methyl sites for hydroxylation is 1. The summed E-state index contributed by atoms with van der Waals surface area (Å²) in [6, 6.07) is 16.2. The normalized spacial score (nSPS) is 16.0. The van der Waals surface area contributed by atoms with Gasteiger partial charge in [0.1, 0.15) is 5.75 Å². The first-order valence-corrected chi connectivity index (χ1v) is 10.2. The highest BCUT2D eigenvalue weighted by atomic mass is 35.5. The minimum Gasteiger partial charge on any atom is -0.497 e. The summed E-state index contributed by atoms with van der Waals surface area (Å²) in [5.74, 6) is 0.418. The lowest BCUT2D eigenvalue weighted by molar-refractivity contribution is 0.0726. The molecule has 0 aliphatic carbocycles. The molecule has 154 valence electrons. The van der Waals surface area contributed by atoms with Crippen LogP contribution in [0.3, 0.4) is 0 Å². The summed E-state index contributed by atoms with van der Waals surface area (Å²) < 4.78 is 6.82. The van der Waals surface area contributed by atoms with Gasteiger partial charge in [-0.05, 0) is 61.7 Å². The Bertz CT molecular complexity index is 1120. The molecule has 2 aromatic carbocycles. The Kier molecular flexibility index (Phi) is 5.59. The molecule has 6 nitrogen and oxygen atoms in total. The number of carbonyl (C=O) groups is 1. The van der Waals surface area contributed by atoms with E-state index in [0.29, 0.717) is 17.3 Å². The first-order valence-electron chi connectivity index (χ1n) is 9.80. The van der Waals surface area contributed by atoms with Gasteiger partial charge in [-0.15, -0.1) is 0 Å². The van der Waals surface area contributed by atoms with Crippen molar-refractivity contribution in [1.82, 2.24) is 14.7 Å². The number of rotatable bonds is 4. The minimum atomic E-state index is -0.372. The third-order valence-electron chi connectivity index (χ3n) is 5.40. The number of ether oxygens (including phenoxy) is 1. The average Bonchev–Trinajstić information content (AvgIpc) is 3.24. The molecule has 0 bridgehead atoms.